The van der Waals surface area contributed by atoms with Gasteiger partial charge in [-0.3, -0.25) is 4.79 Å². The number of furan rings is 1. The molecule has 0 aliphatic carbocycles. The third kappa shape index (κ3) is 1.67. The van der Waals surface area contributed by atoms with Crippen LogP contribution in [0.15, 0.2) is 22.8 Å². The van der Waals surface area contributed by atoms with Crippen molar-refractivity contribution < 1.29 is 9.21 Å². The van der Waals surface area contributed by atoms with Gasteiger partial charge in [-0.15, -0.1) is 0 Å². The minimum absolute atomic E-state index is 0.194. The summed E-state index contributed by atoms with van der Waals surface area (Å²) in [7, 11) is 0. The van der Waals surface area contributed by atoms with Crippen molar-refractivity contribution in [1.29, 1.82) is 0 Å². The molecule has 2 rings (SSSR count). The first kappa shape index (κ1) is 10.4. The summed E-state index contributed by atoms with van der Waals surface area (Å²) in [4.78, 5) is 19.5. The average Bonchev–Trinajstić information content (AvgIpc) is 2.69. The van der Waals surface area contributed by atoms with Gasteiger partial charge in [0.05, 0.1) is 17.5 Å². The number of amides is 1. The van der Waals surface area contributed by atoms with E-state index in [0.717, 1.165) is 0 Å². The molecule has 0 atom stereocenters. The average molecular weight is 217 g/mol. The monoisotopic (exact) mass is 217 g/mol. The zero-order chi connectivity index (χ0) is 11.7. The molecule has 2 N–H and O–H groups in total. The van der Waals surface area contributed by atoms with Crippen molar-refractivity contribution in [3.63, 3.8) is 0 Å². The molecule has 82 valence electrons. The normalized spacial score (nSPS) is 10.4. The summed E-state index contributed by atoms with van der Waals surface area (Å²) in [5.41, 5.74) is 6.72. The summed E-state index contributed by atoms with van der Waals surface area (Å²) in [6.45, 7) is 3.50. The zero-order valence-electron chi connectivity index (χ0n) is 9.02. The van der Waals surface area contributed by atoms with Gasteiger partial charge in [0.25, 0.3) is 5.91 Å². The lowest BCUT2D eigenvalue weighted by atomic mass is 10.1. The minimum atomic E-state index is -0.583. The summed E-state index contributed by atoms with van der Waals surface area (Å²) in [5.74, 6) is 0.480. The van der Waals surface area contributed by atoms with E-state index >= 15 is 0 Å². The van der Waals surface area contributed by atoms with Crippen LogP contribution < -0.4 is 5.73 Å². The van der Waals surface area contributed by atoms with E-state index in [0.29, 0.717) is 22.8 Å². The Morgan fingerprint density at radius 3 is 2.69 bits per heavy atom. The van der Waals surface area contributed by atoms with Crippen molar-refractivity contribution in [2.45, 2.75) is 13.8 Å². The second-order valence-electron chi connectivity index (χ2n) is 3.42. The van der Waals surface area contributed by atoms with Gasteiger partial charge < -0.3 is 10.2 Å². The van der Waals surface area contributed by atoms with Crippen molar-refractivity contribution in [2.75, 3.05) is 0 Å². The molecule has 0 spiro atoms. The Bertz CT molecular complexity index is 532. The maximum Gasteiger partial charge on any atom is 0.268 e. The smallest absolute Gasteiger partial charge is 0.268 e. The van der Waals surface area contributed by atoms with Crippen molar-refractivity contribution >= 4 is 5.91 Å². The van der Waals surface area contributed by atoms with Crippen LogP contribution in [0.4, 0.5) is 0 Å². The maximum atomic E-state index is 11.3. The summed E-state index contributed by atoms with van der Waals surface area (Å²) >= 11 is 0. The van der Waals surface area contributed by atoms with Crippen LogP contribution in [0.5, 0.6) is 0 Å². The first-order chi connectivity index (χ1) is 7.59. The van der Waals surface area contributed by atoms with Crippen LogP contribution in [0.1, 0.15) is 22.0 Å². The van der Waals surface area contributed by atoms with Crippen molar-refractivity contribution in [3.8, 4) is 11.3 Å². The minimum Gasteiger partial charge on any atom is -0.464 e. The summed E-state index contributed by atoms with van der Waals surface area (Å²) in [6, 6.07) is 3.48. The van der Waals surface area contributed by atoms with Gasteiger partial charge in [0.2, 0.25) is 0 Å². The molecule has 0 aliphatic heterocycles. The first-order valence-electron chi connectivity index (χ1n) is 4.78. The van der Waals surface area contributed by atoms with Gasteiger partial charge in [0.15, 0.2) is 0 Å². The van der Waals surface area contributed by atoms with Gasteiger partial charge in [-0.2, -0.15) is 0 Å². The van der Waals surface area contributed by atoms with E-state index in [4.69, 9.17) is 10.2 Å². The van der Waals surface area contributed by atoms with Crippen LogP contribution in [0.2, 0.25) is 0 Å². The fourth-order valence-electron chi connectivity index (χ4n) is 1.61. The predicted molar refractivity (Wildman–Crippen MR) is 57.7 cm³/mol. The maximum absolute atomic E-state index is 11.3. The molecule has 0 saturated carbocycles. The van der Waals surface area contributed by atoms with E-state index in [1.54, 1.807) is 26.0 Å². The molecular weight excluding hydrogens is 206 g/mol. The van der Waals surface area contributed by atoms with E-state index in [1.807, 2.05) is 0 Å². The Hall–Kier alpha value is -2.17. The number of nitrogens with zero attached hydrogens (tertiary/aromatic N) is 2. The molecule has 0 saturated heterocycles. The molecule has 0 bridgehead atoms. The molecule has 5 heteroatoms. The number of primary amides is 1. The Kier molecular flexibility index (Phi) is 2.44. The second kappa shape index (κ2) is 3.77. The zero-order valence-corrected chi connectivity index (χ0v) is 9.02. The highest BCUT2D eigenvalue weighted by molar-refractivity contribution is 5.97. The number of aromatic nitrogens is 2. The number of hydrogen-bond acceptors (Lipinski definition) is 4. The van der Waals surface area contributed by atoms with Gasteiger partial charge in [0.1, 0.15) is 17.3 Å². The van der Waals surface area contributed by atoms with Crippen LogP contribution >= 0.6 is 0 Å². The van der Waals surface area contributed by atoms with E-state index in [-0.39, 0.29) is 5.69 Å². The lowest BCUT2D eigenvalue weighted by molar-refractivity contribution is 0.0995. The Balaban J connectivity index is 2.72. The quantitative estimate of drug-likeness (QED) is 0.825. The van der Waals surface area contributed by atoms with E-state index < -0.39 is 5.91 Å². The number of aryl methyl sites for hydroxylation is 2. The molecular formula is C11H11N3O2. The van der Waals surface area contributed by atoms with Gasteiger partial charge in [-0.05, 0) is 26.0 Å². The van der Waals surface area contributed by atoms with Gasteiger partial charge in [-0.25, -0.2) is 9.97 Å². The van der Waals surface area contributed by atoms with Crippen LogP contribution in [-0.4, -0.2) is 15.9 Å². The van der Waals surface area contributed by atoms with Crippen molar-refractivity contribution in [1.82, 2.24) is 9.97 Å². The lowest BCUT2D eigenvalue weighted by Gasteiger charge is -2.07. The number of carbonyl (C=O) groups is 1. The summed E-state index contributed by atoms with van der Waals surface area (Å²) < 4.78 is 5.24. The number of nitrogens with two attached hydrogens (primary N) is 1. The molecule has 2 aromatic heterocycles. The fourth-order valence-corrected chi connectivity index (χ4v) is 1.61. The Labute approximate surface area is 92.3 Å². The molecule has 2 aromatic rings. The third-order valence-corrected chi connectivity index (χ3v) is 2.20. The highest BCUT2D eigenvalue weighted by Crippen LogP contribution is 2.25. The van der Waals surface area contributed by atoms with E-state index in [9.17, 15) is 4.79 Å². The van der Waals surface area contributed by atoms with E-state index in [2.05, 4.69) is 9.97 Å². The standard InChI is InChI=1S/C11H11N3O2/c1-6-9(8-4-3-5-16-8)10(11(12)15)14-7(2)13-6/h3-5H,1-2H3,(H2,12,15). The SMILES string of the molecule is Cc1nc(C)c(-c2ccco2)c(C(N)=O)n1. The van der Waals surface area contributed by atoms with Crippen LogP contribution in [0, 0.1) is 13.8 Å². The van der Waals surface area contributed by atoms with E-state index in [1.165, 1.54) is 6.26 Å². The highest BCUT2D eigenvalue weighted by atomic mass is 16.3. The largest absolute Gasteiger partial charge is 0.464 e. The molecule has 0 aliphatic rings. The van der Waals surface area contributed by atoms with Crippen LogP contribution in [-0.2, 0) is 0 Å². The number of hydrogen-bond donors (Lipinski definition) is 1. The topological polar surface area (TPSA) is 82.0 Å². The van der Waals surface area contributed by atoms with Crippen LogP contribution in [0.25, 0.3) is 11.3 Å². The predicted octanol–water partition coefficient (Wildman–Crippen LogP) is 1.45. The molecule has 16 heavy (non-hydrogen) atoms. The van der Waals surface area contributed by atoms with Crippen molar-refractivity contribution in [3.05, 3.63) is 35.6 Å². The molecule has 0 radical (unpaired) electrons. The van der Waals surface area contributed by atoms with Crippen LogP contribution in [0.3, 0.4) is 0 Å². The Morgan fingerprint density at radius 2 is 2.12 bits per heavy atom. The second-order valence-corrected chi connectivity index (χ2v) is 3.42. The Morgan fingerprint density at radius 1 is 1.38 bits per heavy atom. The molecule has 0 aromatic carbocycles. The number of rotatable bonds is 2. The lowest BCUT2D eigenvalue weighted by Crippen LogP contribution is -2.16. The fraction of sp³-hybridized carbons (Fsp3) is 0.182. The summed E-state index contributed by atoms with van der Waals surface area (Å²) in [5, 5.41) is 0. The molecule has 5 nitrogen and oxygen atoms in total. The molecule has 0 fully saturated rings. The molecule has 2 heterocycles. The van der Waals surface area contributed by atoms with Crippen molar-refractivity contribution in [2.24, 2.45) is 5.73 Å². The van der Waals surface area contributed by atoms with Gasteiger partial charge in [-0.1, -0.05) is 0 Å². The molecule has 1 amide bonds. The first-order valence-corrected chi connectivity index (χ1v) is 4.78. The number of carbonyl (C=O) groups excluding carboxylic acids is 1. The van der Waals surface area contributed by atoms with Gasteiger partial charge in [0, 0.05) is 0 Å². The third-order valence-electron chi connectivity index (χ3n) is 2.20. The highest BCUT2D eigenvalue weighted by Gasteiger charge is 2.18. The molecule has 0 unspecified atom stereocenters. The summed E-state index contributed by atoms with van der Waals surface area (Å²) in [6.07, 6.45) is 1.53. The van der Waals surface area contributed by atoms with Gasteiger partial charge >= 0.3 is 0 Å².